The summed E-state index contributed by atoms with van der Waals surface area (Å²) in [5.74, 6) is -16.1. The van der Waals surface area contributed by atoms with E-state index in [1.54, 1.807) is 61.5 Å². The first-order chi connectivity index (χ1) is 24.8. The number of halogens is 6. The van der Waals surface area contributed by atoms with E-state index in [4.69, 9.17) is 6.42 Å². The van der Waals surface area contributed by atoms with Gasteiger partial charge in [-0.05, 0) is 97.1 Å². The van der Waals surface area contributed by atoms with Crippen LogP contribution in [0.2, 0.25) is 0 Å². The van der Waals surface area contributed by atoms with Gasteiger partial charge in [-0.25, -0.2) is 0 Å². The molecule has 2 nitrogen and oxygen atoms in total. The van der Waals surface area contributed by atoms with Gasteiger partial charge < -0.3 is 0 Å². The molecule has 0 unspecified atom stereocenters. The SMILES string of the molecule is C#CS/C(=C\CC1=C(c2cc(-c3ccc(-c4ccc(C#N)s4)s3)sc2-c2ccc(C)s2)C(F)(F)C(F)(F)C1(F)F)c1ccc(-c2ccc(C#N)s2)s1. The lowest BCUT2D eigenvalue weighted by Gasteiger charge is -2.25. The molecule has 1 aliphatic carbocycles. The van der Waals surface area contributed by atoms with Gasteiger partial charge in [-0.3, -0.25) is 0 Å². The molecule has 15 heteroatoms. The molecule has 0 N–H and O–H groups in total. The largest absolute Gasteiger partial charge is 0.380 e. The van der Waals surface area contributed by atoms with Gasteiger partial charge in [0, 0.05) is 65.5 Å². The number of hydrogen-bond acceptors (Lipinski definition) is 9. The Bertz CT molecular complexity index is 2530. The van der Waals surface area contributed by atoms with Crippen LogP contribution in [0.1, 0.15) is 31.5 Å². The Balaban J connectivity index is 1.36. The third kappa shape index (κ3) is 6.20. The first kappa shape index (κ1) is 36.5. The second-order valence-electron chi connectivity index (χ2n) is 11.2. The van der Waals surface area contributed by atoms with E-state index in [1.165, 1.54) is 68.8 Å². The van der Waals surface area contributed by atoms with Crippen molar-refractivity contribution < 1.29 is 26.3 Å². The fraction of sp³-hybridized carbons (Fsp3) is 0.135. The van der Waals surface area contributed by atoms with E-state index in [9.17, 15) is 10.5 Å². The summed E-state index contributed by atoms with van der Waals surface area (Å²) in [6, 6.07) is 22.8. The molecular formula is C37H18F6N2S7. The monoisotopic (exact) mass is 828 g/mol. The molecule has 0 spiro atoms. The zero-order valence-corrected chi connectivity index (χ0v) is 31.9. The number of allylic oxidation sites excluding steroid dienone is 3. The van der Waals surface area contributed by atoms with Gasteiger partial charge in [-0.1, -0.05) is 6.08 Å². The smallest absolute Gasteiger partial charge is 0.194 e. The number of hydrogen-bond donors (Lipinski definition) is 0. The van der Waals surface area contributed by atoms with Crippen molar-refractivity contribution in [3.63, 3.8) is 0 Å². The first-order valence-electron chi connectivity index (χ1n) is 14.9. The van der Waals surface area contributed by atoms with Crippen LogP contribution in [-0.4, -0.2) is 17.8 Å². The summed E-state index contributed by atoms with van der Waals surface area (Å²) in [6.45, 7) is 1.80. The van der Waals surface area contributed by atoms with Crippen molar-refractivity contribution in [2.24, 2.45) is 0 Å². The van der Waals surface area contributed by atoms with Crippen LogP contribution in [0.3, 0.4) is 0 Å². The molecule has 6 heterocycles. The summed E-state index contributed by atoms with van der Waals surface area (Å²) in [5, 5.41) is 20.8. The lowest BCUT2D eigenvalue weighted by molar-refractivity contribution is -0.260. The number of thioether (sulfide) groups is 1. The second kappa shape index (κ2) is 13.9. The Morgan fingerprint density at radius 1 is 0.692 bits per heavy atom. The summed E-state index contributed by atoms with van der Waals surface area (Å²) in [5.41, 5.74) is -3.14. The Kier molecular flexibility index (Phi) is 9.72. The molecule has 260 valence electrons. The fourth-order valence-electron chi connectivity index (χ4n) is 5.61. The van der Waals surface area contributed by atoms with E-state index in [0.717, 1.165) is 47.5 Å². The van der Waals surface area contributed by atoms with Crippen LogP contribution < -0.4 is 0 Å². The zero-order chi connectivity index (χ0) is 37.0. The summed E-state index contributed by atoms with van der Waals surface area (Å²) in [7, 11) is 0. The second-order valence-corrected chi connectivity index (χ2v) is 18.8. The van der Waals surface area contributed by atoms with Crippen molar-refractivity contribution in [1.82, 2.24) is 0 Å². The number of aryl methyl sites for hydroxylation is 1. The minimum atomic E-state index is -5.70. The van der Waals surface area contributed by atoms with E-state index >= 15 is 26.3 Å². The minimum absolute atomic E-state index is 0.185. The number of nitrogens with zero attached hydrogens (tertiary/aromatic N) is 2. The maximum Gasteiger partial charge on any atom is 0.380 e. The third-order valence-electron chi connectivity index (χ3n) is 8.03. The number of thiophene rings is 6. The lowest BCUT2D eigenvalue weighted by atomic mass is 9.97. The summed E-state index contributed by atoms with van der Waals surface area (Å²) < 4.78 is 94.4. The van der Waals surface area contributed by atoms with Crippen LogP contribution in [0.25, 0.3) is 49.5 Å². The van der Waals surface area contributed by atoms with Crippen LogP contribution in [0.4, 0.5) is 26.3 Å². The van der Waals surface area contributed by atoms with E-state index in [1.807, 2.05) is 6.07 Å². The molecule has 0 amide bonds. The van der Waals surface area contributed by atoms with Gasteiger partial charge in [-0.15, -0.1) is 74.4 Å². The summed E-state index contributed by atoms with van der Waals surface area (Å²) in [6.07, 6.45) is 5.86. The van der Waals surface area contributed by atoms with Gasteiger partial charge in [0.05, 0.1) is 4.88 Å². The zero-order valence-electron chi connectivity index (χ0n) is 26.2. The van der Waals surface area contributed by atoms with Crippen molar-refractivity contribution in [3.8, 4) is 62.8 Å². The molecule has 0 bridgehead atoms. The Morgan fingerprint density at radius 3 is 1.83 bits per heavy atom. The van der Waals surface area contributed by atoms with Crippen molar-refractivity contribution in [3.05, 3.63) is 103 Å². The maximum absolute atomic E-state index is 16.0. The molecule has 0 saturated heterocycles. The highest BCUT2D eigenvalue weighted by Gasteiger charge is 2.79. The number of nitriles is 2. The Hall–Kier alpha value is -3.85. The summed E-state index contributed by atoms with van der Waals surface area (Å²) in [4.78, 5) is 7.55. The van der Waals surface area contributed by atoms with Crippen LogP contribution in [0, 0.1) is 41.3 Å². The maximum atomic E-state index is 16.0. The highest BCUT2D eigenvalue weighted by molar-refractivity contribution is 8.12. The fourth-order valence-corrected chi connectivity index (χ4v) is 12.3. The van der Waals surface area contributed by atoms with Crippen LogP contribution in [-0.2, 0) is 0 Å². The number of alkyl halides is 6. The van der Waals surface area contributed by atoms with Crippen molar-refractivity contribution in [2.45, 2.75) is 31.1 Å². The average Bonchev–Trinajstić information content (AvgIpc) is 3.96. The standard InChI is InChI=1S/C37H18F6N2S7/c1-3-46-24(25-12-13-28(50-25)26-9-5-20(17-44)48-26)11-7-23-33(36(40,41)37(42,43)35(23,38)39)22-16-32(52-34(22)31-8-4-19(2)47-31)30-15-14-29(51-30)27-10-6-21(18-45)49-27/h1,4-6,8-16H,7H2,2H3/b24-11-. The van der Waals surface area contributed by atoms with E-state index in [2.05, 4.69) is 17.4 Å². The van der Waals surface area contributed by atoms with E-state index in [-0.39, 0.29) is 15.3 Å². The van der Waals surface area contributed by atoms with Crippen LogP contribution >= 0.6 is 79.8 Å². The predicted molar refractivity (Wildman–Crippen MR) is 207 cm³/mol. The van der Waals surface area contributed by atoms with Gasteiger partial charge in [0.25, 0.3) is 0 Å². The molecule has 1 aliphatic rings. The average molecular weight is 829 g/mol. The van der Waals surface area contributed by atoms with Gasteiger partial charge >= 0.3 is 17.8 Å². The molecule has 0 radical (unpaired) electrons. The molecule has 6 aromatic heterocycles. The summed E-state index contributed by atoms with van der Waals surface area (Å²) >= 11 is 8.26. The molecule has 7 rings (SSSR count). The van der Waals surface area contributed by atoms with Gasteiger partial charge in [0.2, 0.25) is 0 Å². The third-order valence-corrected chi connectivity index (χ3v) is 16.0. The van der Waals surface area contributed by atoms with Crippen molar-refractivity contribution in [1.29, 1.82) is 10.5 Å². The predicted octanol–water partition coefficient (Wildman–Crippen LogP) is 14.2. The first-order valence-corrected chi connectivity index (χ1v) is 20.6. The topological polar surface area (TPSA) is 47.6 Å². The molecule has 0 aliphatic heterocycles. The van der Waals surface area contributed by atoms with Gasteiger partial charge in [0.1, 0.15) is 21.9 Å². The molecule has 0 fully saturated rings. The van der Waals surface area contributed by atoms with Crippen LogP contribution in [0.5, 0.6) is 0 Å². The van der Waals surface area contributed by atoms with E-state index in [0.29, 0.717) is 29.3 Å². The molecule has 0 saturated carbocycles. The Labute approximate surface area is 322 Å². The molecular weight excluding hydrogens is 811 g/mol. The number of rotatable bonds is 9. The molecule has 0 aromatic carbocycles. The molecule has 6 aromatic rings. The van der Waals surface area contributed by atoms with Gasteiger partial charge in [0.15, 0.2) is 0 Å². The number of terminal acetylenes is 1. The van der Waals surface area contributed by atoms with Crippen molar-refractivity contribution in [2.75, 3.05) is 0 Å². The quantitative estimate of drug-likeness (QED) is 0.108. The lowest BCUT2D eigenvalue weighted by Crippen LogP contribution is -2.49. The highest BCUT2D eigenvalue weighted by Crippen LogP contribution is 2.65. The Morgan fingerprint density at radius 2 is 1.25 bits per heavy atom. The molecule has 0 atom stereocenters. The van der Waals surface area contributed by atoms with Crippen molar-refractivity contribution >= 4 is 90.3 Å². The van der Waals surface area contributed by atoms with Crippen LogP contribution in [0.15, 0.2) is 78.4 Å². The normalized spacial score (nSPS) is 16.2. The van der Waals surface area contributed by atoms with Gasteiger partial charge in [-0.2, -0.15) is 36.9 Å². The van der Waals surface area contributed by atoms with E-state index < -0.39 is 35.3 Å². The minimum Gasteiger partial charge on any atom is -0.194 e. The molecule has 52 heavy (non-hydrogen) atoms. The highest BCUT2D eigenvalue weighted by atomic mass is 32.2.